The molecule has 2 rings (SSSR count). The Labute approximate surface area is 186 Å². The zero-order valence-electron chi connectivity index (χ0n) is 19.2. The van der Waals surface area contributed by atoms with Gasteiger partial charge in [-0.15, -0.1) is 0 Å². The molecule has 32 heavy (non-hydrogen) atoms. The number of carboxylic acids is 1. The van der Waals surface area contributed by atoms with Gasteiger partial charge in [0.25, 0.3) is 0 Å². The van der Waals surface area contributed by atoms with E-state index in [1.807, 2.05) is 19.9 Å². The van der Waals surface area contributed by atoms with Gasteiger partial charge in [0.15, 0.2) is 0 Å². The molecule has 0 saturated carbocycles. The molecule has 0 saturated heterocycles. The Morgan fingerprint density at radius 1 is 1.16 bits per heavy atom. The third-order valence-electron chi connectivity index (χ3n) is 5.59. The maximum absolute atomic E-state index is 12.8. The lowest BCUT2D eigenvalue weighted by Gasteiger charge is -2.24. The van der Waals surface area contributed by atoms with Gasteiger partial charge in [0.1, 0.15) is 23.4 Å². The van der Waals surface area contributed by atoms with E-state index in [2.05, 4.69) is 10.6 Å². The van der Waals surface area contributed by atoms with Crippen molar-refractivity contribution in [3.8, 4) is 5.75 Å². The van der Waals surface area contributed by atoms with E-state index >= 15 is 0 Å². The summed E-state index contributed by atoms with van der Waals surface area (Å²) in [5.41, 5.74) is 1.32. The molecule has 1 heterocycles. The van der Waals surface area contributed by atoms with Gasteiger partial charge < -0.3 is 24.9 Å². The molecule has 2 aromatic rings. The van der Waals surface area contributed by atoms with Gasteiger partial charge in [-0.25, -0.2) is 4.79 Å². The number of fused-ring (bicyclic) bond motifs is 1. The van der Waals surface area contributed by atoms with E-state index in [9.17, 15) is 19.2 Å². The number of amides is 2. The number of carbonyl (C=O) groups is 3. The number of carboxylic acid groups (broad SMARTS) is 1. The smallest absolute Gasteiger partial charge is 0.340 e. The fourth-order valence-electron chi connectivity index (χ4n) is 3.45. The normalized spacial score (nSPS) is 13.8. The molecule has 9 heteroatoms. The molecule has 0 aliphatic heterocycles. The van der Waals surface area contributed by atoms with Crippen LogP contribution in [0.1, 0.15) is 43.9 Å². The van der Waals surface area contributed by atoms with E-state index in [1.54, 1.807) is 19.9 Å². The lowest BCUT2D eigenvalue weighted by atomic mass is 9.97. The summed E-state index contributed by atoms with van der Waals surface area (Å²) in [5, 5.41) is 14.7. The van der Waals surface area contributed by atoms with Crippen LogP contribution in [-0.4, -0.2) is 42.1 Å². The number of carbonyl (C=O) groups excluding carboxylic acids is 2. The van der Waals surface area contributed by atoms with Crippen LogP contribution in [0.3, 0.4) is 0 Å². The van der Waals surface area contributed by atoms with Crippen molar-refractivity contribution in [2.75, 3.05) is 7.11 Å². The van der Waals surface area contributed by atoms with E-state index in [0.29, 0.717) is 28.7 Å². The van der Waals surface area contributed by atoms with Crippen molar-refractivity contribution >= 4 is 28.8 Å². The van der Waals surface area contributed by atoms with Gasteiger partial charge in [0.05, 0.1) is 24.5 Å². The third kappa shape index (κ3) is 5.46. The van der Waals surface area contributed by atoms with Crippen molar-refractivity contribution in [3.63, 3.8) is 0 Å². The van der Waals surface area contributed by atoms with Crippen LogP contribution in [0.4, 0.5) is 0 Å². The second-order valence-electron chi connectivity index (χ2n) is 8.01. The van der Waals surface area contributed by atoms with Gasteiger partial charge in [-0.05, 0) is 49.9 Å². The predicted octanol–water partition coefficient (Wildman–Crippen LogP) is 2.08. The number of benzene rings is 1. The topological polar surface area (TPSA) is 135 Å². The Morgan fingerprint density at radius 3 is 2.38 bits per heavy atom. The third-order valence-corrected chi connectivity index (χ3v) is 5.59. The number of hydrogen-bond donors (Lipinski definition) is 3. The molecule has 0 spiro atoms. The first-order chi connectivity index (χ1) is 15.0. The van der Waals surface area contributed by atoms with Gasteiger partial charge in [0.2, 0.25) is 11.8 Å². The minimum atomic E-state index is -1.18. The lowest BCUT2D eigenvalue weighted by Crippen LogP contribution is -2.53. The number of ether oxygens (including phenoxy) is 1. The summed E-state index contributed by atoms with van der Waals surface area (Å²) >= 11 is 0. The highest BCUT2D eigenvalue weighted by molar-refractivity contribution is 5.92. The van der Waals surface area contributed by atoms with Gasteiger partial charge in [-0.2, -0.15) is 0 Å². The Balaban J connectivity index is 2.34. The highest BCUT2D eigenvalue weighted by Gasteiger charge is 2.29. The highest BCUT2D eigenvalue weighted by Crippen LogP contribution is 2.30. The van der Waals surface area contributed by atoms with Gasteiger partial charge in [-0.1, -0.05) is 20.3 Å². The predicted molar refractivity (Wildman–Crippen MR) is 119 cm³/mol. The number of rotatable bonds is 9. The minimum absolute atomic E-state index is 0.166. The zero-order chi connectivity index (χ0) is 24.2. The monoisotopic (exact) mass is 446 g/mol. The van der Waals surface area contributed by atoms with Gasteiger partial charge in [-0.3, -0.25) is 14.4 Å². The fraction of sp³-hybridized carbons (Fsp3) is 0.478. The zero-order valence-corrected chi connectivity index (χ0v) is 19.2. The molecular weight excluding hydrogens is 416 g/mol. The first-order valence-electron chi connectivity index (χ1n) is 10.4. The van der Waals surface area contributed by atoms with E-state index in [-0.39, 0.29) is 17.9 Å². The first kappa shape index (κ1) is 24.9. The number of aliphatic carboxylic acids is 1. The van der Waals surface area contributed by atoms with Crippen LogP contribution in [0.15, 0.2) is 21.3 Å². The quantitative estimate of drug-likeness (QED) is 0.502. The molecule has 0 aliphatic rings. The van der Waals surface area contributed by atoms with Crippen LogP contribution >= 0.6 is 0 Å². The van der Waals surface area contributed by atoms with E-state index in [0.717, 1.165) is 5.56 Å². The van der Waals surface area contributed by atoms with Gasteiger partial charge in [0, 0.05) is 0 Å². The van der Waals surface area contributed by atoms with Crippen molar-refractivity contribution in [1.82, 2.24) is 10.6 Å². The Bertz CT molecular complexity index is 1090. The summed E-state index contributed by atoms with van der Waals surface area (Å²) in [6.45, 7) is 8.54. The van der Waals surface area contributed by atoms with Crippen LogP contribution in [0.25, 0.3) is 11.0 Å². The molecule has 0 fully saturated rings. The molecule has 3 N–H and O–H groups in total. The molecule has 1 aromatic carbocycles. The Morgan fingerprint density at radius 2 is 1.81 bits per heavy atom. The molecule has 174 valence electrons. The Kier molecular flexibility index (Phi) is 8.02. The van der Waals surface area contributed by atoms with Crippen LogP contribution in [0.2, 0.25) is 0 Å². The van der Waals surface area contributed by atoms with Crippen molar-refractivity contribution in [2.24, 2.45) is 5.92 Å². The first-order valence-corrected chi connectivity index (χ1v) is 10.4. The minimum Gasteiger partial charge on any atom is -0.496 e. The van der Waals surface area contributed by atoms with Crippen molar-refractivity contribution in [3.05, 3.63) is 39.2 Å². The van der Waals surface area contributed by atoms with Crippen molar-refractivity contribution in [2.45, 2.75) is 59.5 Å². The molecule has 3 atom stereocenters. The van der Waals surface area contributed by atoms with Crippen molar-refractivity contribution < 1.29 is 28.6 Å². The maximum Gasteiger partial charge on any atom is 0.340 e. The van der Waals surface area contributed by atoms with Crippen LogP contribution < -0.4 is 21.0 Å². The van der Waals surface area contributed by atoms with E-state index < -0.39 is 35.5 Å². The molecule has 2 amide bonds. The number of nitrogens with one attached hydrogen (secondary N) is 2. The molecule has 0 bridgehead atoms. The van der Waals surface area contributed by atoms with Gasteiger partial charge >= 0.3 is 11.6 Å². The largest absolute Gasteiger partial charge is 0.496 e. The van der Waals surface area contributed by atoms with Crippen LogP contribution in [-0.2, 0) is 20.8 Å². The molecule has 1 aromatic heterocycles. The summed E-state index contributed by atoms with van der Waals surface area (Å²) in [6, 6.07) is 1.49. The average molecular weight is 447 g/mol. The lowest BCUT2D eigenvalue weighted by molar-refractivity contribution is -0.142. The van der Waals surface area contributed by atoms with Crippen molar-refractivity contribution in [1.29, 1.82) is 0 Å². The van der Waals surface area contributed by atoms with E-state index in [1.165, 1.54) is 14.0 Å². The maximum atomic E-state index is 12.8. The summed E-state index contributed by atoms with van der Waals surface area (Å²) in [6.07, 6.45) is 0.281. The molecule has 0 unspecified atom stereocenters. The summed E-state index contributed by atoms with van der Waals surface area (Å²) in [4.78, 5) is 49.0. The fourth-order valence-corrected chi connectivity index (χ4v) is 3.45. The second-order valence-corrected chi connectivity index (χ2v) is 8.01. The molecular formula is C23H30N2O7. The summed E-state index contributed by atoms with van der Waals surface area (Å²) in [7, 11) is 1.51. The number of methoxy groups -OCH3 is 1. The average Bonchev–Trinajstić information content (AvgIpc) is 2.73. The summed E-state index contributed by atoms with van der Waals surface area (Å²) in [5.74, 6) is -2.04. The standard InChI is InChI=1S/C23H30N2O7/c1-7-12(3)20(21(27)24-14(5)22(28)29)25-18(26)10-15-13(4)19-16(31-6)8-11(2)9-17(19)32-23(15)30/h8-9,12,14,20H,7,10H2,1-6H3,(H,24,27)(H,25,26)(H,28,29)/t12-,14+,20+/m1/s1. The molecule has 0 aliphatic carbocycles. The van der Waals surface area contributed by atoms with Crippen LogP contribution in [0.5, 0.6) is 5.75 Å². The molecule has 0 radical (unpaired) electrons. The summed E-state index contributed by atoms with van der Waals surface area (Å²) < 4.78 is 10.9. The SMILES string of the molecule is CC[C@@H](C)[C@H](NC(=O)Cc1c(C)c2c(OC)cc(C)cc2oc1=O)C(=O)N[C@@H](C)C(=O)O. The number of hydrogen-bond acceptors (Lipinski definition) is 6. The second kappa shape index (κ2) is 10.3. The van der Waals surface area contributed by atoms with E-state index in [4.69, 9.17) is 14.3 Å². The Hall–Kier alpha value is -3.36. The number of aryl methyl sites for hydroxylation is 2. The van der Waals surface area contributed by atoms with Crippen LogP contribution in [0, 0.1) is 19.8 Å². The highest BCUT2D eigenvalue weighted by atomic mass is 16.5. The molecule has 9 nitrogen and oxygen atoms in total.